The van der Waals surface area contributed by atoms with E-state index in [1.165, 1.54) is 22.7 Å². The number of benzene rings is 1. The van der Waals surface area contributed by atoms with Gasteiger partial charge in [0, 0.05) is 47.6 Å². The van der Waals surface area contributed by atoms with Crippen LogP contribution in [0.5, 0.6) is 11.5 Å². The van der Waals surface area contributed by atoms with E-state index < -0.39 is 0 Å². The predicted molar refractivity (Wildman–Crippen MR) is 165 cm³/mol. The lowest BCUT2D eigenvalue weighted by molar-refractivity contribution is 0.458. The molecule has 1 aromatic carbocycles. The molecule has 0 saturated heterocycles. The van der Waals surface area contributed by atoms with Gasteiger partial charge < -0.3 is 14.5 Å². The molecule has 1 aliphatic heterocycles. The zero-order valence-electron chi connectivity index (χ0n) is 25.7. The molecule has 0 aliphatic carbocycles. The molecule has 6 heteroatoms. The fourth-order valence-corrected chi connectivity index (χ4v) is 5.46. The molecule has 0 radical (unpaired) electrons. The molecule has 0 N–H and O–H groups in total. The molecular formula is C34H43N5O. The summed E-state index contributed by atoms with van der Waals surface area (Å²) in [7, 11) is 2.13. The highest BCUT2D eigenvalue weighted by molar-refractivity contribution is 5.78. The molecule has 0 bridgehead atoms. The summed E-state index contributed by atoms with van der Waals surface area (Å²) in [6.45, 7) is 20.7. The van der Waals surface area contributed by atoms with Gasteiger partial charge in [0.25, 0.3) is 0 Å². The van der Waals surface area contributed by atoms with Gasteiger partial charge in [0.15, 0.2) is 0 Å². The van der Waals surface area contributed by atoms with Crippen LogP contribution in [0, 0.1) is 0 Å². The lowest BCUT2D eigenvalue weighted by atomic mass is 9.87. The second-order valence-corrected chi connectivity index (χ2v) is 12.7. The van der Waals surface area contributed by atoms with E-state index in [4.69, 9.17) is 14.7 Å². The Balaban J connectivity index is 1.65. The van der Waals surface area contributed by atoms with Gasteiger partial charge in [-0.3, -0.25) is 9.38 Å². The maximum Gasteiger partial charge on any atom is 0.147 e. The van der Waals surface area contributed by atoms with Crippen molar-refractivity contribution in [3.63, 3.8) is 0 Å². The number of nitrogens with zero attached hydrogens (tertiary/aromatic N) is 5. The lowest BCUT2D eigenvalue weighted by Crippen LogP contribution is -2.24. The second kappa shape index (κ2) is 10.3. The average Bonchev–Trinajstić information content (AvgIpc) is 3.41. The number of imidazole rings is 1. The van der Waals surface area contributed by atoms with Crippen LogP contribution in [-0.2, 0) is 5.41 Å². The van der Waals surface area contributed by atoms with E-state index in [0.29, 0.717) is 11.8 Å². The van der Waals surface area contributed by atoms with Crippen molar-refractivity contribution in [2.24, 2.45) is 0 Å². The Morgan fingerprint density at radius 2 is 1.65 bits per heavy atom. The maximum absolute atomic E-state index is 6.61. The number of rotatable bonds is 6. The third-order valence-electron chi connectivity index (χ3n) is 7.98. The SMILES string of the molecule is CC1=C(C)N(c2cccc(Oc3cc(-c4cc(C(C)(C)C)ccn4)c4nc(C(C)C)c(C(C)C)n4c3)c2)CN1C. The highest BCUT2D eigenvalue weighted by atomic mass is 16.5. The summed E-state index contributed by atoms with van der Waals surface area (Å²) >= 11 is 0. The van der Waals surface area contributed by atoms with Gasteiger partial charge in [-0.05, 0) is 67.0 Å². The van der Waals surface area contributed by atoms with E-state index in [2.05, 4.69) is 126 Å². The van der Waals surface area contributed by atoms with E-state index in [1.54, 1.807) is 0 Å². The van der Waals surface area contributed by atoms with Crippen LogP contribution in [0.15, 0.2) is 66.3 Å². The van der Waals surface area contributed by atoms with Crippen molar-refractivity contribution in [2.75, 3.05) is 18.6 Å². The largest absolute Gasteiger partial charge is 0.456 e. The summed E-state index contributed by atoms with van der Waals surface area (Å²) in [6.07, 6.45) is 4.00. The van der Waals surface area contributed by atoms with Crippen LogP contribution < -0.4 is 9.64 Å². The molecule has 0 amide bonds. The van der Waals surface area contributed by atoms with Crippen LogP contribution in [0.1, 0.15) is 91.1 Å². The van der Waals surface area contributed by atoms with Gasteiger partial charge in [0.05, 0.1) is 24.3 Å². The van der Waals surface area contributed by atoms with Gasteiger partial charge in [-0.1, -0.05) is 54.5 Å². The highest BCUT2D eigenvalue weighted by Gasteiger charge is 2.24. The van der Waals surface area contributed by atoms with Gasteiger partial charge >= 0.3 is 0 Å². The second-order valence-electron chi connectivity index (χ2n) is 12.7. The summed E-state index contributed by atoms with van der Waals surface area (Å²) < 4.78 is 8.83. The minimum atomic E-state index is 0.0126. The normalized spacial score (nSPS) is 14.4. The zero-order valence-corrected chi connectivity index (χ0v) is 25.7. The predicted octanol–water partition coefficient (Wildman–Crippen LogP) is 8.69. The fraction of sp³-hybridized carbons (Fsp3) is 0.412. The number of anilines is 1. The molecule has 0 saturated carbocycles. The zero-order chi connectivity index (χ0) is 28.9. The van der Waals surface area contributed by atoms with Crippen molar-refractivity contribution >= 4 is 11.3 Å². The van der Waals surface area contributed by atoms with Crippen molar-refractivity contribution in [2.45, 2.75) is 79.6 Å². The molecular weight excluding hydrogens is 494 g/mol. The standard InChI is InChI=1S/C34H43N5O/c1-21(2)31-32(22(3)4)38-19-28(18-29(33(38)36-31)30-16-25(14-15-35-30)34(7,8)9)40-27-13-11-12-26(17-27)39-20-37(10)23(5)24(39)6/h11-19,21-22H,20H2,1-10H3. The summed E-state index contributed by atoms with van der Waals surface area (Å²) in [6, 6.07) is 14.7. The molecule has 4 heterocycles. The van der Waals surface area contributed by atoms with Gasteiger partial charge in [-0.2, -0.15) is 0 Å². The van der Waals surface area contributed by atoms with Crippen molar-refractivity contribution in [1.29, 1.82) is 0 Å². The first-order valence-electron chi connectivity index (χ1n) is 14.3. The van der Waals surface area contributed by atoms with Crippen molar-refractivity contribution in [3.8, 4) is 22.8 Å². The van der Waals surface area contributed by atoms with E-state index in [-0.39, 0.29) is 5.41 Å². The Labute approximate surface area is 239 Å². The smallest absolute Gasteiger partial charge is 0.147 e. The minimum Gasteiger partial charge on any atom is -0.456 e. The average molecular weight is 538 g/mol. The van der Waals surface area contributed by atoms with E-state index >= 15 is 0 Å². The van der Waals surface area contributed by atoms with Crippen LogP contribution in [0.25, 0.3) is 16.9 Å². The molecule has 6 nitrogen and oxygen atoms in total. The van der Waals surface area contributed by atoms with Crippen LogP contribution in [-0.4, -0.2) is 33.0 Å². The first-order valence-corrected chi connectivity index (χ1v) is 14.3. The van der Waals surface area contributed by atoms with Gasteiger partial charge in [0.2, 0.25) is 0 Å². The molecule has 0 unspecified atom stereocenters. The summed E-state index contributed by atoms with van der Waals surface area (Å²) in [5, 5.41) is 0. The molecule has 1 aliphatic rings. The van der Waals surface area contributed by atoms with Gasteiger partial charge in [0.1, 0.15) is 17.1 Å². The Hall–Kier alpha value is -3.80. The number of allylic oxidation sites excluding steroid dienone is 2. The van der Waals surface area contributed by atoms with E-state index in [9.17, 15) is 0 Å². The molecule has 3 aromatic heterocycles. The Morgan fingerprint density at radius 3 is 2.27 bits per heavy atom. The molecule has 40 heavy (non-hydrogen) atoms. The van der Waals surface area contributed by atoms with E-state index in [1.807, 2.05) is 12.3 Å². The summed E-state index contributed by atoms with van der Waals surface area (Å²) in [5.74, 6) is 2.17. The number of pyridine rings is 2. The molecule has 210 valence electrons. The first-order chi connectivity index (χ1) is 18.8. The van der Waals surface area contributed by atoms with Crippen LogP contribution in [0.4, 0.5) is 5.69 Å². The summed E-state index contributed by atoms with van der Waals surface area (Å²) in [5.41, 5.74) is 10.1. The Kier molecular flexibility index (Phi) is 7.15. The third-order valence-corrected chi connectivity index (χ3v) is 7.98. The van der Waals surface area contributed by atoms with Crippen molar-refractivity contribution < 1.29 is 4.74 Å². The first kappa shape index (κ1) is 27.8. The number of fused-ring (bicyclic) bond motifs is 1. The number of hydrogen-bond donors (Lipinski definition) is 0. The monoisotopic (exact) mass is 537 g/mol. The minimum absolute atomic E-state index is 0.0126. The van der Waals surface area contributed by atoms with Crippen LogP contribution in [0.3, 0.4) is 0 Å². The fourth-order valence-electron chi connectivity index (χ4n) is 5.46. The third kappa shape index (κ3) is 5.07. The molecule has 0 spiro atoms. The van der Waals surface area contributed by atoms with Crippen LogP contribution >= 0.6 is 0 Å². The lowest BCUT2D eigenvalue weighted by Gasteiger charge is -2.22. The molecule has 0 atom stereocenters. The number of hydrogen-bond acceptors (Lipinski definition) is 5. The molecule has 5 rings (SSSR count). The van der Waals surface area contributed by atoms with Gasteiger partial charge in [-0.15, -0.1) is 0 Å². The van der Waals surface area contributed by atoms with E-state index in [0.717, 1.165) is 46.5 Å². The molecule has 4 aromatic rings. The van der Waals surface area contributed by atoms with Crippen molar-refractivity contribution in [1.82, 2.24) is 19.3 Å². The summed E-state index contributed by atoms with van der Waals surface area (Å²) in [4.78, 5) is 14.6. The number of aromatic nitrogens is 3. The molecule has 0 fully saturated rings. The Bertz CT molecular complexity index is 1590. The maximum atomic E-state index is 6.61. The number of ether oxygens (including phenoxy) is 1. The van der Waals surface area contributed by atoms with Crippen molar-refractivity contribution in [3.05, 3.63) is 83.2 Å². The quantitative estimate of drug-likeness (QED) is 0.246. The highest BCUT2D eigenvalue weighted by Crippen LogP contribution is 2.37. The van der Waals surface area contributed by atoms with Gasteiger partial charge in [-0.25, -0.2) is 4.98 Å². The topological polar surface area (TPSA) is 45.9 Å². The van der Waals surface area contributed by atoms with Crippen LogP contribution in [0.2, 0.25) is 0 Å². The Morgan fingerprint density at radius 1 is 0.900 bits per heavy atom.